The van der Waals surface area contributed by atoms with E-state index in [1.807, 2.05) is 34.8 Å². The van der Waals surface area contributed by atoms with Crippen molar-refractivity contribution in [2.24, 2.45) is 0 Å². The lowest BCUT2D eigenvalue weighted by Crippen LogP contribution is -2.00. The predicted molar refractivity (Wildman–Crippen MR) is 202 cm³/mol. The fourth-order valence-corrected chi connectivity index (χ4v) is 9.75. The maximum atomic E-state index is 10.4. The van der Waals surface area contributed by atoms with E-state index in [0.29, 0.717) is 5.56 Å². The topological polar surface area (TPSA) is 28.7 Å². The zero-order valence-corrected chi connectivity index (χ0v) is 26.7. The highest BCUT2D eigenvalue weighted by atomic mass is 32.1. The number of hydrogen-bond acceptors (Lipinski definition) is 3. The summed E-state index contributed by atoms with van der Waals surface area (Å²) in [6.07, 6.45) is 0. The van der Waals surface area contributed by atoms with Crippen LogP contribution in [0, 0.1) is 11.3 Å². The standard InChI is InChI=1S/C43H24N2S2/c44-25-29-11-8-14-30(42(29)45-36-15-6-4-12-31(36)32-13-5-7-16-37(32)45)28-18-21-39-35(24-28)41-40(46-39)22-19-33-34-23-27(26-9-2-1-3-10-26)17-20-38(34)47-43(33)41/h1-24H. The van der Waals surface area contributed by atoms with Crippen LogP contribution in [0.15, 0.2) is 146 Å². The molecule has 0 aliphatic heterocycles. The molecule has 0 atom stereocenters. The number of nitrogens with zero attached hydrogens (tertiary/aromatic N) is 2. The molecule has 0 aliphatic carbocycles. The van der Waals surface area contributed by atoms with Gasteiger partial charge in [0.05, 0.1) is 22.3 Å². The van der Waals surface area contributed by atoms with Crippen LogP contribution in [0.25, 0.3) is 90.1 Å². The number of benzene rings is 7. The van der Waals surface area contributed by atoms with Gasteiger partial charge in [-0.25, -0.2) is 0 Å². The fourth-order valence-electron chi connectivity index (χ4n) is 7.34. The van der Waals surface area contributed by atoms with E-state index in [4.69, 9.17) is 0 Å². The molecule has 10 rings (SSSR count). The van der Waals surface area contributed by atoms with Crippen LogP contribution in [0.5, 0.6) is 0 Å². The second-order valence-corrected chi connectivity index (χ2v) is 14.1. The minimum Gasteiger partial charge on any atom is -0.307 e. The van der Waals surface area contributed by atoms with E-state index in [1.165, 1.54) is 62.2 Å². The second kappa shape index (κ2) is 10.1. The molecule has 47 heavy (non-hydrogen) atoms. The molecule has 0 unspecified atom stereocenters. The van der Waals surface area contributed by atoms with E-state index in [1.54, 1.807) is 0 Å². The van der Waals surface area contributed by atoms with Gasteiger partial charge in [-0.2, -0.15) is 5.26 Å². The highest BCUT2D eigenvalue weighted by Crippen LogP contribution is 2.46. The summed E-state index contributed by atoms with van der Waals surface area (Å²) in [5.74, 6) is 0. The summed E-state index contributed by atoms with van der Waals surface area (Å²) < 4.78 is 7.49. The lowest BCUT2D eigenvalue weighted by atomic mass is 9.97. The van der Waals surface area contributed by atoms with E-state index in [2.05, 4.69) is 144 Å². The molecule has 10 aromatic rings. The maximum Gasteiger partial charge on any atom is 0.101 e. The smallest absolute Gasteiger partial charge is 0.101 e. The number of nitriles is 1. The molecule has 218 valence electrons. The van der Waals surface area contributed by atoms with Crippen molar-refractivity contribution in [3.63, 3.8) is 0 Å². The Morgan fingerprint density at radius 1 is 0.468 bits per heavy atom. The molecule has 7 aromatic carbocycles. The molecule has 0 spiro atoms. The lowest BCUT2D eigenvalue weighted by molar-refractivity contribution is 1.17. The Bertz CT molecular complexity index is 2860. The Morgan fingerprint density at radius 2 is 1.13 bits per heavy atom. The van der Waals surface area contributed by atoms with E-state index in [9.17, 15) is 5.26 Å². The van der Waals surface area contributed by atoms with Crippen LogP contribution in [-0.2, 0) is 0 Å². The lowest BCUT2D eigenvalue weighted by Gasteiger charge is -2.16. The third-order valence-electron chi connectivity index (χ3n) is 9.45. The Morgan fingerprint density at radius 3 is 1.89 bits per heavy atom. The minimum atomic E-state index is 0.658. The quantitative estimate of drug-likeness (QED) is 0.190. The van der Waals surface area contributed by atoms with Gasteiger partial charge in [0.15, 0.2) is 0 Å². The van der Waals surface area contributed by atoms with Crippen LogP contribution in [0.3, 0.4) is 0 Å². The highest BCUT2D eigenvalue weighted by molar-refractivity contribution is 7.29. The third-order valence-corrected chi connectivity index (χ3v) is 11.8. The summed E-state index contributed by atoms with van der Waals surface area (Å²) in [7, 11) is 0. The van der Waals surface area contributed by atoms with Gasteiger partial charge in [0.2, 0.25) is 0 Å². The van der Waals surface area contributed by atoms with Gasteiger partial charge in [-0.1, -0.05) is 97.1 Å². The molecule has 3 aromatic heterocycles. The first kappa shape index (κ1) is 26.5. The summed E-state index contributed by atoms with van der Waals surface area (Å²) in [6, 6.07) is 54.5. The van der Waals surface area contributed by atoms with Gasteiger partial charge in [-0.05, 0) is 65.2 Å². The average molecular weight is 633 g/mol. The molecular formula is C43H24N2S2. The molecule has 0 saturated carbocycles. The first-order valence-corrected chi connectivity index (χ1v) is 17.3. The van der Waals surface area contributed by atoms with Crippen molar-refractivity contribution in [3.8, 4) is 34.0 Å². The van der Waals surface area contributed by atoms with Crippen LogP contribution in [-0.4, -0.2) is 4.57 Å². The van der Waals surface area contributed by atoms with E-state index in [-0.39, 0.29) is 0 Å². The van der Waals surface area contributed by atoms with Gasteiger partial charge in [0, 0.05) is 56.7 Å². The maximum absolute atomic E-state index is 10.4. The van der Waals surface area contributed by atoms with Gasteiger partial charge in [-0.3, -0.25) is 0 Å². The monoisotopic (exact) mass is 632 g/mol. The van der Waals surface area contributed by atoms with Crippen LogP contribution < -0.4 is 0 Å². The van der Waals surface area contributed by atoms with Gasteiger partial charge in [0.25, 0.3) is 0 Å². The molecule has 0 amide bonds. The Hall–Kier alpha value is -5.73. The van der Waals surface area contributed by atoms with Crippen LogP contribution in [0.4, 0.5) is 0 Å². The molecule has 2 nitrogen and oxygen atoms in total. The van der Waals surface area contributed by atoms with Crippen molar-refractivity contribution in [2.45, 2.75) is 0 Å². The summed E-state index contributed by atoms with van der Waals surface area (Å²) in [5.41, 5.74) is 8.41. The highest BCUT2D eigenvalue weighted by Gasteiger charge is 2.20. The summed E-state index contributed by atoms with van der Waals surface area (Å²) in [5, 5.41) is 18.0. The van der Waals surface area contributed by atoms with Crippen molar-refractivity contribution in [1.82, 2.24) is 4.57 Å². The normalized spacial score (nSPS) is 11.8. The summed E-state index contributed by atoms with van der Waals surface area (Å²) in [6.45, 7) is 0. The Labute approximate surface area is 278 Å². The van der Waals surface area contributed by atoms with Crippen LogP contribution >= 0.6 is 22.7 Å². The number of fused-ring (bicyclic) bond motifs is 10. The Kier molecular flexibility index (Phi) is 5.71. The van der Waals surface area contributed by atoms with E-state index >= 15 is 0 Å². The molecule has 0 fully saturated rings. The van der Waals surface area contributed by atoms with Gasteiger partial charge in [0.1, 0.15) is 6.07 Å². The third kappa shape index (κ3) is 3.88. The minimum absolute atomic E-state index is 0.658. The molecule has 0 bridgehead atoms. The van der Waals surface area contributed by atoms with E-state index in [0.717, 1.165) is 27.8 Å². The zero-order chi connectivity index (χ0) is 31.1. The number of thiophene rings is 2. The fraction of sp³-hybridized carbons (Fsp3) is 0. The molecule has 0 N–H and O–H groups in total. The first-order valence-electron chi connectivity index (χ1n) is 15.7. The second-order valence-electron chi connectivity index (χ2n) is 12.0. The molecule has 4 heteroatoms. The summed E-state index contributed by atoms with van der Waals surface area (Å²) in [4.78, 5) is 0. The average Bonchev–Trinajstić information content (AvgIpc) is 3.80. The number of hydrogen-bond donors (Lipinski definition) is 0. The van der Waals surface area contributed by atoms with Crippen LogP contribution in [0.2, 0.25) is 0 Å². The SMILES string of the molecule is N#Cc1cccc(-c2ccc3sc4ccc5c6cc(-c7ccccc7)ccc6sc5c4c3c2)c1-n1c2ccccc2c2ccccc21. The van der Waals surface area contributed by atoms with Crippen molar-refractivity contribution in [1.29, 1.82) is 5.26 Å². The number of aromatic nitrogens is 1. The molecular weight excluding hydrogens is 609 g/mol. The largest absolute Gasteiger partial charge is 0.307 e. The predicted octanol–water partition coefficient (Wildman–Crippen LogP) is 12.7. The van der Waals surface area contributed by atoms with Gasteiger partial charge < -0.3 is 4.57 Å². The Balaban J connectivity index is 1.24. The van der Waals surface area contributed by atoms with Crippen molar-refractivity contribution in [2.75, 3.05) is 0 Å². The number of rotatable bonds is 3. The molecule has 0 saturated heterocycles. The molecule has 0 radical (unpaired) electrons. The van der Waals surface area contributed by atoms with E-state index < -0.39 is 0 Å². The van der Waals surface area contributed by atoms with Crippen LogP contribution in [0.1, 0.15) is 5.56 Å². The summed E-state index contributed by atoms with van der Waals surface area (Å²) >= 11 is 3.74. The molecule has 3 heterocycles. The molecule has 0 aliphatic rings. The van der Waals surface area contributed by atoms with Gasteiger partial charge in [-0.15, -0.1) is 22.7 Å². The van der Waals surface area contributed by atoms with Gasteiger partial charge >= 0.3 is 0 Å². The first-order chi connectivity index (χ1) is 23.3. The number of para-hydroxylation sites is 3. The van der Waals surface area contributed by atoms with Crippen molar-refractivity contribution >= 4 is 84.8 Å². The van der Waals surface area contributed by atoms with Crippen molar-refractivity contribution < 1.29 is 0 Å². The zero-order valence-electron chi connectivity index (χ0n) is 25.1. The van der Waals surface area contributed by atoms with Crippen molar-refractivity contribution in [3.05, 3.63) is 151 Å².